The Morgan fingerprint density at radius 2 is 1.97 bits per heavy atom. The number of benzene rings is 1. The van der Waals surface area contributed by atoms with E-state index in [1.165, 1.54) is 19.9 Å². The van der Waals surface area contributed by atoms with Gasteiger partial charge in [-0.05, 0) is 19.9 Å². The summed E-state index contributed by atoms with van der Waals surface area (Å²) in [7, 11) is 0. The number of ketones is 2. The van der Waals surface area contributed by atoms with Gasteiger partial charge >= 0.3 is 0 Å². The number of phenols is 1. The molecular weight excluding hydrogens is 404 g/mol. The quantitative estimate of drug-likeness (QED) is 0.667. The maximum absolute atomic E-state index is 13.1. The van der Waals surface area contributed by atoms with Gasteiger partial charge in [0.15, 0.2) is 11.5 Å². The van der Waals surface area contributed by atoms with Crippen molar-refractivity contribution in [1.82, 2.24) is 10.2 Å². The molecule has 9 nitrogen and oxygen atoms in total. The fourth-order valence-electron chi connectivity index (χ4n) is 3.57. The third-order valence-electron chi connectivity index (χ3n) is 5.09. The highest BCUT2D eigenvalue weighted by molar-refractivity contribution is 6.36. The predicted molar refractivity (Wildman–Crippen MR) is 98.8 cm³/mol. The molecule has 29 heavy (non-hydrogen) atoms. The summed E-state index contributed by atoms with van der Waals surface area (Å²) in [6.07, 6.45) is 0.927. The number of hydrogen-bond acceptors (Lipinski definition) is 9. The van der Waals surface area contributed by atoms with E-state index in [4.69, 9.17) is 20.8 Å². The average molecular weight is 421 g/mol. The van der Waals surface area contributed by atoms with Gasteiger partial charge in [-0.15, -0.1) is 10.2 Å². The third kappa shape index (κ3) is 2.65. The van der Waals surface area contributed by atoms with Crippen LogP contribution in [0.15, 0.2) is 22.3 Å². The van der Waals surface area contributed by atoms with E-state index >= 15 is 0 Å². The molecule has 2 atom stereocenters. The lowest BCUT2D eigenvalue weighted by Crippen LogP contribution is -2.51. The van der Waals surface area contributed by atoms with Gasteiger partial charge in [0.25, 0.3) is 0 Å². The van der Waals surface area contributed by atoms with Gasteiger partial charge in [0.05, 0.1) is 10.6 Å². The van der Waals surface area contributed by atoms with E-state index in [-0.39, 0.29) is 45.9 Å². The summed E-state index contributed by atoms with van der Waals surface area (Å²) in [5.41, 5.74) is -3.36. The molecule has 2 aliphatic rings. The zero-order valence-electron chi connectivity index (χ0n) is 15.7. The first kappa shape index (κ1) is 19.4. The maximum atomic E-state index is 13.1. The normalized spacial score (nSPS) is 23.9. The summed E-state index contributed by atoms with van der Waals surface area (Å²) in [5.74, 6) is -3.06. The molecule has 0 fully saturated rings. The monoisotopic (exact) mass is 420 g/mol. The van der Waals surface area contributed by atoms with Crippen molar-refractivity contribution in [1.29, 1.82) is 0 Å². The van der Waals surface area contributed by atoms with Crippen molar-refractivity contribution in [3.63, 3.8) is 0 Å². The van der Waals surface area contributed by atoms with Crippen molar-refractivity contribution in [2.45, 2.75) is 38.4 Å². The molecule has 0 amide bonds. The number of aliphatic hydroxyl groups is 2. The Bertz CT molecular complexity index is 1100. The first-order chi connectivity index (χ1) is 13.5. The van der Waals surface area contributed by atoms with Gasteiger partial charge in [0.1, 0.15) is 22.7 Å². The molecule has 152 valence electrons. The maximum Gasteiger partial charge on any atom is 0.249 e. The number of aromatic hydroxyl groups is 1. The molecule has 2 heterocycles. The zero-order chi connectivity index (χ0) is 21.3. The molecule has 4 rings (SSSR count). The molecule has 0 radical (unpaired) electrons. The molecule has 0 saturated carbocycles. The number of allylic oxidation sites excluding steroid dienone is 1. The van der Waals surface area contributed by atoms with E-state index < -0.39 is 34.4 Å². The summed E-state index contributed by atoms with van der Waals surface area (Å²) < 4.78 is 11.3. The minimum atomic E-state index is -1.84. The van der Waals surface area contributed by atoms with Crippen LogP contribution >= 0.6 is 11.6 Å². The van der Waals surface area contributed by atoms with E-state index in [9.17, 15) is 24.9 Å². The fraction of sp³-hybridized carbons (Fsp3) is 0.368. The number of carbonyl (C=O) groups excluding carboxylic acids is 2. The lowest BCUT2D eigenvalue weighted by Gasteiger charge is -2.34. The van der Waals surface area contributed by atoms with Crippen LogP contribution < -0.4 is 4.74 Å². The summed E-state index contributed by atoms with van der Waals surface area (Å²) in [6.45, 7) is 4.50. The molecule has 1 aromatic carbocycles. The molecule has 2 aromatic rings. The van der Waals surface area contributed by atoms with Crippen LogP contribution in [0.4, 0.5) is 0 Å². The molecule has 0 bridgehead atoms. The summed E-state index contributed by atoms with van der Waals surface area (Å²) in [5, 5.41) is 38.4. The minimum Gasteiger partial charge on any atom is -0.507 e. The Kier molecular flexibility index (Phi) is 4.04. The molecule has 1 aliphatic carbocycles. The van der Waals surface area contributed by atoms with Crippen LogP contribution in [0.2, 0.25) is 5.02 Å². The van der Waals surface area contributed by atoms with Gasteiger partial charge in [-0.2, -0.15) is 0 Å². The Morgan fingerprint density at radius 3 is 2.55 bits per heavy atom. The van der Waals surface area contributed by atoms with E-state index in [1.807, 2.05) is 0 Å². The highest BCUT2D eigenvalue weighted by Crippen LogP contribution is 2.53. The number of nitrogens with zero attached hydrogens (tertiary/aromatic N) is 2. The Hall–Kier alpha value is -2.91. The molecule has 1 aromatic heterocycles. The van der Waals surface area contributed by atoms with Gasteiger partial charge in [-0.3, -0.25) is 9.59 Å². The van der Waals surface area contributed by atoms with Gasteiger partial charge in [-0.1, -0.05) is 18.5 Å². The first-order valence-electron chi connectivity index (χ1n) is 8.76. The SMILES string of the molecule is C[C@@H]1CC(=O)C=C(O)[C@@]12Oc1c(Cl)c(-c3nnc(C(C)(C)O)o3)cc(O)c1C2=O. The van der Waals surface area contributed by atoms with Crippen LogP contribution in [0.3, 0.4) is 0 Å². The molecular formula is C19H17ClN2O7. The van der Waals surface area contributed by atoms with E-state index in [1.54, 1.807) is 6.92 Å². The number of ether oxygens (including phenoxy) is 1. The van der Waals surface area contributed by atoms with Crippen molar-refractivity contribution < 1.29 is 34.1 Å². The smallest absolute Gasteiger partial charge is 0.249 e. The molecule has 0 unspecified atom stereocenters. The first-order valence-corrected chi connectivity index (χ1v) is 9.14. The van der Waals surface area contributed by atoms with Crippen LogP contribution in [-0.2, 0) is 10.4 Å². The topological polar surface area (TPSA) is 143 Å². The van der Waals surface area contributed by atoms with Crippen molar-refractivity contribution in [3.8, 4) is 23.0 Å². The highest BCUT2D eigenvalue weighted by Gasteiger charge is 2.59. The third-order valence-corrected chi connectivity index (χ3v) is 5.46. The van der Waals surface area contributed by atoms with Crippen molar-refractivity contribution >= 4 is 23.2 Å². The van der Waals surface area contributed by atoms with Crippen LogP contribution in [0.25, 0.3) is 11.5 Å². The predicted octanol–water partition coefficient (Wildman–Crippen LogP) is 2.69. The molecule has 10 heteroatoms. The van der Waals surface area contributed by atoms with Gasteiger partial charge in [-0.25, -0.2) is 0 Å². The van der Waals surface area contributed by atoms with E-state index in [0.29, 0.717) is 0 Å². The molecule has 0 saturated heterocycles. The number of rotatable bonds is 2. The number of aromatic nitrogens is 2. The van der Waals surface area contributed by atoms with Crippen molar-refractivity contribution in [2.24, 2.45) is 5.92 Å². The zero-order valence-corrected chi connectivity index (χ0v) is 16.4. The van der Waals surface area contributed by atoms with Crippen molar-refractivity contribution in [2.75, 3.05) is 0 Å². The number of phenolic OH excluding ortho intramolecular Hbond substituents is 1. The summed E-state index contributed by atoms with van der Waals surface area (Å²) in [6, 6.07) is 1.17. The van der Waals surface area contributed by atoms with E-state index in [2.05, 4.69) is 10.2 Å². The van der Waals surface area contributed by atoms with Crippen molar-refractivity contribution in [3.05, 3.63) is 34.4 Å². The Labute approximate surface area is 169 Å². The number of Topliss-reactive ketones (excluding diaryl/α,β-unsaturated/α-hetero) is 1. The van der Waals surface area contributed by atoms with E-state index in [0.717, 1.165) is 6.08 Å². The van der Waals surface area contributed by atoms with Crippen LogP contribution in [0.5, 0.6) is 11.5 Å². The lowest BCUT2D eigenvalue weighted by atomic mass is 9.75. The summed E-state index contributed by atoms with van der Waals surface area (Å²) in [4.78, 5) is 24.9. The Morgan fingerprint density at radius 1 is 1.28 bits per heavy atom. The van der Waals surface area contributed by atoms with Gasteiger partial charge < -0.3 is 24.5 Å². The van der Waals surface area contributed by atoms with Crippen LogP contribution in [0.1, 0.15) is 43.4 Å². The lowest BCUT2D eigenvalue weighted by molar-refractivity contribution is -0.118. The second-order valence-corrected chi connectivity index (χ2v) is 8.08. The second kappa shape index (κ2) is 6.04. The molecule has 3 N–H and O–H groups in total. The van der Waals surface area contributed by atoms with Gasteiger partial charge in [0, 0.05) is 18.4 Å². The number of carbonyl (C=O) groups is 2. The number of aliphatic hydroxyl groups excluding tert-OH is 1. The van der Waals surface area contributed by atoms with Crippen LogP contribution in [-0.4, -0.2) is 42.7 Å². The highest BCUT2D eigenvalue weighted by atomic mass is 35.5. The Balaban J connectivity index is 1.87. The van der Waals surface area contributed by atoms with Crippen LogP contribution in [0, 0.1) is 5.92 Å². The second-order valence-electron chi connectivity index (χ2n) is 7.70. The summed E-state index contributed by atoms with van der Waals surface area (Å²) >= 11 is 6.43. The number of fused-ring (bicyclic) bond motifs is 1. The molecule has 1 spiro atoms. The molecule has 1 aliphatic heterocycles. The largest absolute Gasteiger partial charge is 0.507 e. The minimum absolute atomic E-state index is 0.0202. The van der Waals surface area contributed by atoms with Gasteiger partial charge in [0.2, 0.25) is 23.2 Å². The number of halogens is 1. The average Bonchev–Trinajstić information content (AvgIpc) is 3.20. The fourth-order valence-corrected chi connectivity index (χ4v) is 3.84. The number of hydrogen-bond donors (Lipinski definition) is 3. The standard InChI is InChI=1S/C19H17ClN2O7/c1-7-4-8(23)5-11(25)19(7)15(26)12-10(24)6-9(13(20)14(12)29-19)16-21-22-17(28-16)18(2,3)27/h5-7,24-25,27H,4H2,1-3H3/t7-,19+/m1/s1.